The van der Waals surface area contributed by atoms with Crippen LogP contribution in [0.2, 0.25) is 0 Å². The van der Waals surface area contributed by atoms with E-state index in [4.69, 9.17) is 4.74 Å². The molecular weight excluding hydrogens is 268 g/mol. The zero-order chi connectivity index (χ0) is 14.7. The summed E-state index contributed by atoms with van der Waals surface area (Å²) in [5.41, 5.74) is 0.316. The lowest BCUT2D eigenvalue weighted by molar-refractivity contribution is -0.0485. The molecule has 1 aliphatic carbocycles. The van der Waals surface area contributed by atoms with Crippen LogP contribution >= 0.6 is 0 Å². The molecule has 0 saturated heterocycles. The highest BCUT2D eigenvalue weighted by Crippen LogP contribution is 2.37. The molecule has 0 spiro atoms. The topological polar surface area (TPSA) is 75.2 Å². The van der Waals surface area contributed by atoms with Gasteiger partial charge in [0, 0.05) is 6.20 Å². The first kappa shape index (κ1) is 13.8. The molecule has 1 heterocycles. The minimum absolute atomic E-state index is 0.142. The Labute approximate surface area is 123 Å². The fourth-order valence-corrected chi connectivity index (χ4v) is 2.75. The number of aromatic amines is 1. The summed E-state index contributed by atoms with van der Waals surface area (Å²) >= 11 is 0. The van der Waals surface area contributed by atoms with E-state index >= 15 is 0 Å². The third-order valence-corrected chi connectivity index (χ3v) is 4.02. The number of nitrogens with one attached hydrogen (secondary N) is 1. The second-order valence-electron chi connectivity index (χ2n) is 5.46. The van der Waals surface area contributed by atoms with E-state index in [2.05, 4.69) is 9.97 Å². The summed E-state index contributed by atoms with van der Waals surface area (Å²) in [7, 11) is 0. The van der Waals surface area contributed by atoms with E-state index in [-0.39, 0.29) is 12.1 Å². The number of ether oxygens (including phenoxy) is 1. The molecule has 2 N–H and O–H groups in total. The summed E-state index contributed by atoms with van der Waals surface area (Å²) in [5, 5.41) is 10.6. The number of nitrogens with zero attached hydrogens (tertiary/aromatic N) is 1. The lowest BCUT2D eigenvalue weighted by atomic mass is 9.81. The number of H-pyrrole nitrogens is 1. The zero-order valence-corrected chi connectivity index (χ0v) is 11.7. The Morgan fingerprint density at radius 1 is 1.29 bits per heavy atom. The van der Waals surface area contributed by atoms with Gasteiger partial charge in [-0.2, -0.15) is 0 Å². The molecule has 0 bridgehead atoms. The summed E-state index contributed by atoms with van der Waals surface area (Å²) in [6.45, 7) is 0. The average molecular weight is 286 g/mol. The van der Waals surface area contributed by atoms with Crippen LogP contribution in [-0.2, 0) is 10.3 Å². The number of benzene rings is 1. The second-order valence-corrected chi connectivity index (χ2v) is 5.46. The van der Waals surface area contributed by atoms with Gasteiger partial charge < -0.3 is 14.8 Å². The van der Waals surface area contributed by atoms with Gasteiger partial charge in [-0.05, 0) is 37.8 Å². The third kappa shape index (κ3) is 2.97. The van der Waals surface area contributed by atoms with Crippen LogP contribution in [-0.4, -0.2) is 27.1 Å². The zero-order valence-electron chi connectivity index (χ0n) is 11.7. The van der Waals surface area contributed by atoms with E-state index in [1.54, 1.807) is 24.7 Å². The minimum Gasteiger partial charge on any atom is -0.459 e. The number of rotatable bonds is 3. The van der Waals surface area contributed by atoms with Gasteiger partial charge in [-0.1, -0.05) is 18.2 Å². The number of hydrogen-bond acceptors (Lipinski definition) is 4. The maximum atomic E-state index is 12.0. The Hall–Kier alpha value is -2.14. The molecule has 0 amide bonds. The molecule has 1 fully saturated rings. The van der Waals surface area contributed by atoms with Crippen LogP contribution in [0.25, 0.3) is 0 Å². The molecule has 110 valence electrons. The van der Waals surface area contributed by atoms with Gasteiger partial charge >= 0.3 is 5.97 Å². The van der Waals surface area contributed by atoms with Crippen LogP contribution in [0.1, 0.15) is 41.7 Å². The molecule has 0 radical (unpaired) electrons. The number of carbonyl (C=O) groups is 1. The van der Waals surface area contributed by atoms with Crippen molar-refractivity contribution in [2.75, 3.05) is 0 Å². The molecule has 0 unspecified atom stereocenters. The largest absolute Gasteiger partial charge is 0.459 e. The summed E-state index contributed by atoms with van der Waals surface area (Å²) < 4.78 is 5.51. The van der Waals surface area contributed by atoms with Gasteiger partial charge in [-0.25, -0.2) is 9.78 Å². The Kier molecular flexibility index (Phi) is 3.75. The molecule has 1 aromatic heterocycles. The van der Waals surface area contributed by atoms with E-state index < -0.39 is 5.60 Å². The number of carbonyl (C=O) groups excluding carboxylic acids is 1. The summed E-state index contributed by atoms with van der Waals surface area (Å²) in [5.74, 6) is -0.300. The first-order valence-electron chi connectivity index (χ1n) is 7.15. The predicted molar refractivity (Wildman–Crippen MR) is 76.6 cm³/mol. The number of esters is 1. The highest BCUT2D eigenvalue weighted by Gasteiger charge is 2.37. The average Bonchev–Trinajstić information content (AvgIpc) is 3.06. The molecule has 5 heteroatoms. The van der Waals surface area contributed by atoms with Gasteiger partial charge in [0.1, 0.15) is 11.7 Å². The quantitative estimate of drug-likeness (QED) is 0.850. The van der Waals surface area contributed by atoms with E-state index in [9.17, 15) is 9.90 Å². The lowest BCUT2D eigenvalue weighted by Crippen LogP contribution is -2.35. The first-order valence-corrected chi connectivity index (χ1v) is 7.15. The van der Waals surface area contributed by atoms with E-state index in [1.807, 2.05) is 18.2 Å². The van der Waals surface area contributed by atoms with Gasteiger partial charge in [0.2, 0.25) is 0 Å². The van der Waals surface area contributed by atoms with Crippen molar-refractivity contribution in [3.05, 3.63) is 54.1 Å². The Morgan fingerprint density at radius 2 is 2.00 bits per heavy atom. The van der Waals surface area contributed by atoms with Crippen molar-refractivity contribution in [1.82, 2.24) is 9.97 Å². The normalized spacial score (nSPS) is 25.5. The van der Waals surface area contributed by atoms with Crippen LogP contribution in [0.4, 0.5) is 0 Å². The van der Waals surface area contributed by atoms with Crippen LogP contribution in [0.15, 0.2) is 42.9 Å². The number of aliphatic hydroxyl groups is 1. The van der Waals surface area contributed by atoms with E-state index in [1.165, 1.54) is 0 Å². The second kappa shape index (κ2) is 5.69. The van der Waals surface area contributed by atoms with Crippen LogP contribution < -0.4 is 0 Å². The minimum atomic E-state index is -0.907. The molecule has 5 nitrogen and oxygen atoms in total. The first-order chi connectivity index (χ1) is 10.2. The molecule has 1 saturated carbocycles. The number of imidazole rings is 1. The van der Waals surface area contributed by atoms with Crippen LogP contribution in [0, 0.1) is 0 Å². The fourth-order valence-electron chi connectivity index (χ4n) is 2.75. The molecule has 21 heavy (non-hydrogen) atoms. The molecule has 0 aliphatic heterocycles. The van der Waals surface area contributed by atoms with Gasteiger partial charge in [0.15, 0.2) is 0 Å². The summed E-state index contributed by atoms with van der Waals surface area (Å²) in [6.07, 6.45) is 5.52. The predicted octanol–water partition coefficient (Wildman–Crippen LogP) is 2.40. The lowest BCUT2D eigenvalue weighted by Gasteiger charge is -2.34. The monoisotopic (exact) mass is 286 g/mol. The smallest absolute Gasteiger partial charge is 0.338 e. The standard InChI is InChI=1S/C16H18N2O3/c19-15(12-4-2-1-3-5-12)21-13-6-8-16(20,9-7-13)14-10-17-11-18-14/h1-5,10-11,13,20H,6-9H2,(H,17,18)/t13-,16-. The fraction of sp³-hybridized carbons (Fsp3) is 0.375. The molecule has 1 aliphatic rings. The third-order valence-electron chi connectivity index (χ3n) is 4.02. The van der Waals surface area contributed by atoms with Crippen molar-refractivity contribution < 1.29 is 14.6 Å². The highest BCUT2D eigenvalue weighted by atomic mass is 16.5. The van der Waals surface area contributed by atoms with Crippen molar-refractivity contribution in [2.24, 2.45) is 0 Å². The molecule has 0 atom stereocenters. The van der Waals surface area contributed by atoms with Crippen molar-refractivity contribution in [1.29, 1.82) is 0 Å². The Balaban J connectivity index is 1.58. The van der Waals surface area contributed by atoms with Gasteiger partial charge in [-0.15, -0.1) is 0 Å². The molecule has 2 aromatic rings. The van der Waals surface area contributed by atoms with Crippen molar-refractivity contribution in [3.63, 3.8) is 0 Å². The maximum absolute atomic E-state index is 12.0. The van der Waals surface area contributed by atoms with Gasteiger partial charge in [0.25, 0.3) is 0 Å². The molecule has 1 aromatic carbocycles. The Morgan fingerprint density at radius 3 is 2.62 bits per heavy atom. The van der Waals surface area contributed by atoms with E-state index in [0.717, 1.165) is 0 Å². The highest BCUT2D eigenvalue weighted by molar-refractivity contribution is 5.89. The van der Waals surface area contributed by atoms with Gasteiger partial charge in [0.05, 0.1) is 17.6 Å². The van der Waals surface area contributed by atoms with Crippen molar-refractivity contribution >= 4 is 5.97 Å². The van der Waals surface area contributed by atoms with Crippen molar-refractivity contribution in [2.45, 2.75) is 37.4 Å². The summed E-state index contributed by atoms with van der Waals surface area (Å²) in [6, 6.07) is 8.97. The number of hydrogen-bond donors (Lipinski definition) is 2. The summed E-state index contributed by atoms with van der Waals surface area (Å²) in [4.78, 5) is 19.0. The van der Waals surface area contributed by atoms with Crippen molar-refractivity contribution in [3.8, 4) is 0 Å². The number of aromatic nitrogens is 2. The van der Waals surface area contributed by atoms with Crippen LogP contribution in [0.3, 0.4) is 0 Å². The maximum Gasteiger partial charge on any atom is 0.338 e. The Bertz CT molecular complexity index is 587. The molecular formula is C16H18N2O3. The van der Waals surface area contributed by atoms with E-state index in [0.29, 0.717) is 36.9 Å². The van der Waals surface area contributed by atoms with Gasteiger partial charge in [-0.3, -0.25) is 0 Å². The van der Waals surface area contributed by atoms with Crippen LogP contribution in [0.5, 0.6) is 0 Å². The molecule has 3 rings (SSSR count). The SMILES string of the molecule is O=C(O[C@H]1CC[C@@](O)(c2c[nH]cn2)CC1)c1ccccc1.